The van der Waals surface area contributed by atoms with Crippen LogP contribution in [-0.4, -0.2) is 38.8 Å². The van der Waals surface area contributed by atoms with Crippen molar-refractivity contribution in [3.8, 4) is 0 Å². The smallest absolute Gasteiger partial charge is 0.222 e. The van der Waals surface area contributed by atoms with Gasteiger partial charge < -0.3 is 15.2 Å². The number of rotatable bonds is 8. The average Bonchev–Trinajstić information content (AvgIpc) is 3.56. The molecule has 1 aliphatic rings. The molecule has 0 aliphatic carbocycles. The molecule has 7 heteroatoms. The van der Waals surface area contributed by atoms with Crippen LogP contribution in [0.15, 0.2) is 48.1 Å². The van der Waals surface area contributed by atoms with Crippen molar-refractivity contribution in [2.45, 2.75) is 65.7 Å². The number of thiazole rings is 1. The van der Waals surface area contributed by atoms with Gasteiger partial charge in [-0.15, -0.1) is 11.3 Å². The van der Waals surface area contributed by atoms with Crippen LogP contribution < -0.4 is 5.32 Å². The second kappa shape index (κ2) is 12.7. The van der Waals surface area contributed by atoms with E-state index in [-0.39, 0.29) is 5.91 Å². The molecule has 2 N–H and O–H groups in total. The van der Waals surface area contributed by atoms with Crippen LogP contribution in [-0.2, 0) is 4.79 Å². The summed E-state index contributed by atoms with van der Waals surface area (Å²) in [6, 6.07) is 10.3. The van der Waals surface area contributed by atoms with Crippen LogP contribution in [0.5, 0.6) is 0 Å². The van der Waals surface area contributed by atoms with E-state index in [2.05, 4.69) is 52.3 Å². The lowest BCUT2D eigenvalue weighted by atomic mass is 10.0. The van der Waals surface area contributed by atoms with Crippen molar-refractivity contribution in [3.05, 3.63) is 53.8 Å². The predicted octanol–water partition coefficient (Wildman–Crippen LogP) is 7.92. The molecule has 0 unspecified atom stereocenters. The van der Waals surface area contributed by atoms with Crippen LogP contribution in [0.25, 0.3) is 26.8 Å². The molecule has 0 radical (unpaired) electrons. The summed E-state index contributed by atoms with van der Waals surface area (Å²) in [5, 5.41) is 4.58. The largest absolute Gasteiger partial charge is 0.355 e. The van der Waals surface area contributed by atoms with E-state index in [1.54, 1.807) is 11.3 Å². The molecule has 4 heterocycles. The summed E-state index contributed by atoms with van der Waals surface area (Å²) in [4.78, 5) is 26.1. The van der Waals surface area contributed by atoms with Crippen molar-refractivity contribution >= 4 is 55.4 Å². The summed E-state index contributed by atoms with van der Waals surface area (Å²) in [5.74, 6) is 0.211. The van der Waals surface area contributed by atoms with E-state index < -0.39 is 0 Å². The van der Waals surface area contributed by atoms with Crippen molar-refractivity contribution in [3.63, 3.8) is 0 Å². The molecule has 6 nitrogen and oxygen atoms in total. The number of unbranched alkanes of at least 4 members (excludes halogenated alkanes) is 4. The number of carbonyl (C=O) groups excluding carboxylic acids is 1. The van der Waals surface area contributed by atoms with Crippen LogP contribution in [0.4, 0.5) is 11.4 Å². The first kappa shape index (κ1) is 25.9. The summed E-state index contributed by atoms with van der Waals surface area (Å²) >= 11 is 1.64. The van der Waals surface area contributed by atoms with Crippen LogP contribution in [0, 0.1) is 0 Å². The Bertz CT molecular complexity index is 1320. The zero-order valence-corrected chi connectivity index (χ0v) is 22.5. The van der Waals surface area contributed by atoms with E-state index in [1.807, 2.05) is 41.7 Å². The normalized spacial score (nSPS) is 13.4. The van der Waals surface area contributed by atoms with E-state index in [9.17, 15) is 4.79 Å². The lowest BCUT2D eigenvalue weighted by Gasteiger charge is -2.25. The van der Waals surface area contributed by atoms with E-state index in [4.69, 9.17) is 0 Å². The molecule has 0 saturated heterocycles. The summed E-state index contributed by atoms with van der Waals surface area (Å²) < 4.78 is 1.16. The quantitative estimate of drug-likeness (QED) is 0.240. The van der Waals surface area contributed by atoms with Crippen molar-refractivity contribution < 1.29 is 4.79 Å². The summed E-state index contributed by atoms with van der Waals surface area (Å²) in [7, 11) is 0. The number of nitrogens with zero attached hydrogens (tertiary/aromatic N) is 3. The molecule has 0 saturated carbocycles. The third-order valence-corrected chi connectivity index (χ3v) is 7.35. The average molecular weight is 504 g/mol. The number of fused-ring (bicyclic) bond motifs is 2. The van der Waals surface area contributed by atoms with E-state index in [1.165, 1.54) is 37.7 Å². The number of anilines is 2. The Kier molecular flexibility index (Phi) is 9.11. The van der Waals surface area contributed by atoms with Crippen molar-refractivity contribution in [1.82, 2.24) is 19.9 Å². The van der Waals surface area contributed by atoms with Gasteiger partial charge in [0.2, 0.25) is 5.91 Å². The number of pyridine rings is 1. The second-order valence-electron chi connectivity index (χ2n) is 9.20. The summed E-state index contributed by atoms with van der Waals surface area (Å²) in [6.45, 7) is 7.84. The van der Waals surface area contributed by atoms with Gasteiger partial charge in [0.1, 0.15) is 5.65 Å². The lowest BCUT2D eigenvalue weighted by Crippen LogP contribution is -2.34. The highest BCUT2D eigenvalue weighted by Crippen LogP contribution is 2.31. The first-order valence-corrected chi connectivity index (χ1v) is 14.1. The number of hydrogen-bond acceptors (Lipinski definition) is 5. The van der Waals surface area contributed by atoms with Crippen LogP contribution in [0.3, 0.4) is 0 Å². The Balaban J connectivity index is 0.000000384. The predicted molar refractivity (Wildman–Crippen MR) is 153 cm³/mol. The van der Waals surface area contributed by atoms with Gasteiger partial charge in [0.05, 0.1) is 21.4 Å². The fourth-order valence-electron chi connectivity index (χ4n) is 4.44. The highest BCUT2D eigenvalue weighted by Gasteiger charge is 2.18. The Morgan fingerprint density at radius 1 is 1.08 bits per heavy atom. The van der Waals surface area contributed by atoms with Crippen LogP contribution in [0.2, 0.25) is 0 Å². The van der Waals surface area contributed by atoms with Crippen LogP contribution >= 0.6 is 11.3 Å². The first-order valence-electron chi connectivity index (χ1n) is 13.2. The van der Waals surface area contributed by atoms with Gasteiger partial charge in [0, 0.05) is 42.5 Å². The number of aromatic nitrogens is 3. The van der Waals surface area contributed by atoms with Gasteiger partial charge >= 0.3 is 0 Å². The van der Waals surface area contributed by atoms with Gasteiger partial charge in [-0.3, -0.25) is 4.79 Å². The van der Waals surface area contributed by atoms with Gasteiger partial charge in [-0.05, 0) is 42.3 Å². The maximum absolute atomic E-state index is 11.9. The Labute approximate surface area is 217 Å². The molecule has 0 atom stereocenters. The van der Waals surface area contributed by atoms with Crippen LogP contribution in [0.1, 0.15) is 71.4 Å². The molecule has 5 rings (SSSR count). The Morgan fingerprint density at radius 2 is 1.92 bits per heavy atom. The van der Waals surface area contributed by atoms with Crippen molar-refractivity contribution in [2.75, 3.05) is 18.4 Å². The molecule has 0 fully saturated rings. The topological polar surface area (TPSA) is 73.9 Å². The number of nitrogens with one attached hydrogen (secondary N) is 2. The molecule has 1 aliphatic heterocycles. The maximum atomic E-state index is 11.9. The molecule has 1 aromatic carbocycles. The minimum absolute atomic E-state index is 0.211. The van der Waals surface area contributed by atoms with Gasteiger partial charge in [0.25, 0.3) is 0 Å². The SMILES string of the molecule is CCC(=O)N1CC=C(c2cc3c(Nc4ccc5ncsc5c4)ccnc3[nH]2)CC1.CCCCCCC. The van der Waals surface area contributed by atoms with Crippen molar-refractivity contribution in [2.24, 2.45) is 0 Å². The van der Waals surface area contributed by atoms with Gasteiger partial charge in [-0.1, -0.05) is 59.0 Å². The fourth-order valence-corrected chi connectivity index (χ4v) is 5.15. The second-order valence-corrected chi connectivity index (χ2v) is 10.1. The third-order valence-electron chi connectivity index (χ3n) is 6.56. The summed E-state index contributed by atoms with van der Waals surface area (Å²) in [5.41, 5.74) is 8.09. The molecular formula is C29H37N5OS. The fraction of sp³-hybridized carbons (Fsp3) is 0.414. The number of amides is 1. The Hall–Kier alpha value is -3.19. The minimum Gasteiger partial charge on any atom is -0.355 e. The maximum Gasteiger partial charge on any atom is 0.222 e. The molecule has 190 valence electrons. The highest BCUT2D eigenvalue weighted by molar-refractivity contribution is 7.16. The standard InChI is InChI=1S/C22H21N5OS.C7H16/c1-2-21(28)27-9-6-14(7-10-27)19-12-16-17(5-8-23-22(16)26-19)25-15-3-4-18-20(11-15)29-13-24-18;1-3-5-7-6-4-2/h3-6,8,11-13H,2,7,9-10H2,1H3,(H2,23,25,26);3-7H2,1-2H3. The number of benzene rings is 1. The van der Waals surface area contributed by atoms with E-state index in [0.717, 1.165) is 51.3 Å². The lowest BCUT2D eigenvalue weighted by molar-refractivity contribution is -0.130. The molecule has 0 spiro atoms. The monoisotopic (exact) mass is 503 g/mol. The zero-order chi connectivity index (χ0) is 25.3. The minimum atomic E-state index is 0.211. The molecule has 4 aromatic rings. The molecule has 1 amide bonds. The summed E-state index contributed by atoms with van der Waals surface area (Å²) in [6.07, 6.45) is 12.4. The number of H-pyrrole nitrogens is 1. The highest BCUT2D eigenvalue weighted by atomic mass is 32.1. The molecule has 36 heavy (non-hydrogen) atoms. The number of carbonyl (C=O) groups is 1. The third kappa shape index (κ3) is 6.32. The first-order chi connectivity index (χ1) is 17.6. The number of hydrogen-bond donors (Lipinski definition) is 2. The number of aromatic amines is 1. The Morgan fingerprint density at radius 3 is 2.64 bits per heavy atom. The molecular weight excluding hydrogens is 466 g/mol. The van der Waals surface area contributed by atoms with E-state index >= 15 is 0 Å². The van der Waals surface area contributed by atoms with Crippen molar-refractivity contribution in [1.29, 1.82) is 0 Å². The van der Waals surface area contributed by atoms with Gasteiger partial charge in [-0.2, -0.15) is 0 Å². The molecule has 0 bridgehead atoms. The van der Waals surface area contributed by atoms with Gasteiger partial charge in [0.15, 0.2) is 0 Å². The van der Waals surface area contributed by atoms with Gasteiger partial charge in [-0.25, -0.2) is 9.97 Å². The zero-order valence-electron chi connectivity index (χ0n) is 21.6. The molecule has 3 aromatic heterocycles. The van der Waals surface area contributed by atoms with E-state index in [0.29, 0.717) is 13.0 Å².